The SMILES string of the molecule is CC(=O)c1c(-c2ccc3cc4ccccc4cc3c2)ccc2c([Si](C(C)C)(C(C)C)C(C)C)c3cc(-c4ccc5cc6ccccc6cc5c4)ccc3c([Si](C(C)C)(C(C)C)C(C)C)c12. The van der Waals surface area contributed by atoms with Crippen LogP contribution in [0.25, 0.3) is 86.9 Å². The summed E-state index contributed by atoms with van der Waals surface area (Å²) in [6.45, 7) is 31.8. The first kappa shape index (κ1) is 44.8. The molecule has 9 aromatic rings. The molecule has 0 atom stereocenters. The van der Waals surface area contributed by atoms with Crippen molar-refractivity contribution < 1.29 is 4.79 Å². The molecule has 65 heavy (non-hydrogen) atoms. The van der Waals surface area contributed by atoms with Gasteiger partial charge in [-0.3, -0.25) is 4.79 Å². The minimum atomic E-state index is -2.47. The van der Waals surface area contributed by atoms with Gasteiger partial charge in [0.25, 0.3) is 0 Å². The first-order valence-electron chi connectivity index (χ1n) is 24.5. The number of Topliss-reactive ketones (excluding diaryl/α,β-unsaturated/α-hetero) is 1. The molecule has 0 aliphatic heterocycles. The van der Waals surface area contributed by atoms with Crippen molar-refractivity contribution >= 4 is 96.9 Å². The topological polar surface area (TPSA) is 17.1 Å². The summed E-state index contributed by atoms with van der Waals surface area (Å²) in [7, 11) is -4.87. The number of rotatable bonds is 11. The van der Waals surface area contributed by atoms with Crippen molar-refractivity contribution in [3.63, 3.8) is 0 Å². The van der Waals surface area contributed by atoms with Gasteiger partial charge in [0, 0.05) is 5.56 Å². The smallest absolute Gasteiger partial charge is 0.161 e. The highest BCUT2D eigenvalue weighted by molar-refractivity contribution is 7.01. The zero-order valence-corrected chi connectivity index (χ0v) is 43.2. The summed E-state index contributed by atoms with van der Waals surface area (Å²) in [6.07, 6.45) is 0. The molecule has 9 aromatic carbocycles. The van der Waals surface area contributed by atoms with E-state index in [4.69, 9.17) is 0 Å². The molecule has 0 fully saturated rings. The Morgan fingerprint density at radius 1 is 0.354 bits per heavy atom. The Morgan fingerprint density at radius 3 is 1.18 bits per heavy atom. The van der Waals surface area contributed by atoms with Crippen LogP contribution in [0.4, 0.5) is 0 Å². The van der Waals surface area contributed by atoms with E-state index in [2.05, 4.69) is 223 Å². The standard InChI is InChI=1S/C62H68OSi2/c1-37(2)64(38(3)4,39(5)6)61-57-29-28-55(52-25-24-50-31-45-19-15-17-21-47(45)33-54(50)35-52)59(43(13)63)60(57)62(65(40(7)8,41(9)10)42(11)12)56-27-26-51(36-58(56)61)48-22-23-49-30-44-18-14-16-20-46(44)32-53(49)34-48/h14-42H,1-13H3. The summed E-state index contributed by atoms with van der Waals surface area (Å²) in [6, 6.07) is 52.9. The fraction of sp³-hybridized carbons (Fsp3) is 0.306. The Balaban J connectivity index is 1.47. The summed E-state index contributed by atoms with van der Waals surface area (Å²) in [5.74, 6) is 0.154. The molecule has 1 nitrogen and oxygen atoms in total. The Hall–Kier alpha value is -5.36. The molecule has 0 radical (unpaired) electrons. The second kappa shape index (κ2) is 16.8. The van der Waals surface area contributed by atoms with E-state index < -0.39 is 16.1 Å². The minimum Gasteiger partial charge on any atom is -0.294 e. The van der Waals surface area contributed by atoms with Crippen LogP contribution in [0.15, 0.2) is 140 Å². The highest BCUT2D eigenvalue weighted by Crippen LogP contribution is 2.49. The van der Waals surface area contributed by atoms with E-state index in [9.17, 15) is 0 Å². The highest BCUT2D eigenvalue weighted by atomic mass is 28.3. The maximum atomic E-state index is 15.0. The summed E-state index contributed by atoms with van der Waals surface area (Å²) in [4.78, 5) is 15.0. The van der Waals surface area contributed by atoms with E-state index in [1.165, 1.54) is 80.9 Å². The van der Waals surface area contributed by atoms with Crippen LogP contribution in [0, 0.1) is 0 Å². The van der Waals surface area contributed by atoms with Gasteiger partial charge < -0.3 is 0 Å². The number of benzene rings is 9. The molecule has 0 aliphatic rings. The molecule has 0 heterocycles. The lowest BCUT2D eigenvalue weighted by atomic mass is 9.88. The molecule has 0 saturated heterocycles. The van der Waals surface area contributed by atoms with Crippen LogP contribution >= 0.6 is 0 Å². The summed E-state index contributed by atoms with van der Waals surface area (Å²) >= 11 is 0. The normalized spacial score (nSPS) is 13.0. The Kier molecular flexibility index (Phi) is 11.6. The maximum absolute atomic E-state index is 15.0. The third kappa shape index (κ3) is 6.94. The van der Waals surface area contributed by atoms with Crippen molar-refractivity contribution in [1.82, 2.24) is 0 Å². The number of hydrogen-bond donors (Lipinski definition) is 0. The fourth-order valence-electron chi connectivity index (χ4n) is 14.0. The van der Waals surface area contributed by atoms with Crippen LogP contribution in [0.1, 0.15) is 100 Å². The van der Waals surface area contributed by atoms with Gasteiger partial charge >= 0.3 is 0 Å². The second-order valence-corrected chi connectivity index (χ2v) is 33.0. The number of carbonyl (C=O) groups excluding carboxylic acids is 1. The summed E-state index contributed by atoms with van der Waals surface area (Å²) in [5.41, 5.74) is 8.30. The quantitative estimate of drug-likeness (QED) is 0.0718. The van der Waals surface area contributed by atoms with Crippen molar-refractivity contribution in [2.75, 3.05) is 0 Å². The summed E-state index contributed by atoms with van der Waals surface area (Å²) in [5, 5.41) is 18.4. The van der Waals surface area contributed by atoms with Crippen LogP contribution in [0.5, 0.6) is 0 Å². The molecule has 0 spiro atoms. The lowest BCUT2D eigenvalue weighted by Crippen LogP contribution is -2.59. The van der Waals surface area contributed by atoms with E-state index in [1.807, 2.05) is 6.92 Å². The molecule has 0 unspecified atom stereocenters. The van der Waals surface area contributed by atoms with Gasteiger partial charge in [-0.25, -0.2) is 0 Å². The van der Waals surface area contributed by atoms with Crippen molar-refractivity contribution in [2.24, 2.45) is 0 Å². The van der Waals surface area contributed by atoms with Crippen molar-refractivity contribution in [3.05, 3.63) is 145 Å². The molecule has 0 amide bonds. The lowest BCUT2D eigenvalue weighted by molar-refractivity contribution is 0.102. The van der Waals surface area contributed by atoms with Gasteiger partial charge in [-0.15, -0.1) is 0 Å². The first-order chi connectivity index (χ1) is 31.0. The molecule has 3 heteroatoms. The van der Waals surface area contributed by atoms with Gasteiger partial charge in [0.2, 0.25) is 0 Å². The second-order valence-electron chi connectivity index (χ2n) is 21.3. The van der Waals surface area contributed by atoms with Gasteiger partial charge in [0.1, 0.15) is 0 Å². The van der Waals surface area contributed by atoms with Crippen LogP contribution in [-0.2, 0) is 0 Å². The monoisotopic (exact) mass is 884 g/mol. The predicted octanol–water partition coefficient (Wildman–Crippen LogP) is 17.9. The number of fused-ring (bicyclic) bond motifs is 6. The largest absolute Gasteiger partial charge is 0.294 e. The van der Waals surface area contributed by atoms with Crippen molar-refractivity contribution in [3.8, 4) is 22.3 Å². The third-order valence-corrected chi connectivity index (χ3v) is 30.5. The van der Waals surface area contributed by atoms with E-state index in [1.54, 1.807) is 5.19 Å². The van der Waals surface area contributed by atoms with E-state index in [0.717, 1.165) is 16.7 Å². The van der Waals surface area contributed by atoms with Crippen molar-refractivity contribution in [1.29, 1.82) is 0 Å². The fourth-order valence-corrected chi connectivity index (χ4v) is 28.2. The average molecular weight is 885 g/mol. The van der Waals surface area contributed by atoms with Crippen LogP contribution in [-0.4, -0.2) is 21.9 Å². The van der Waals surface area contributed by atoms with Crippen LogP contribution in [0.2, 0.25) is 33.2 Å². The van der Waals surface area contributed by atoms with Gasteiger partial charge in [-0.05, 0) is 180 Å². The Bertz CT molecular complexity index is 3280. The van der Waals surface area contributed by atoms with E-state index in [0.29, 0.717) is 33.2 Å². The predicted molar refractivity (Wildman–Crippen MR) is 294 cm³/mol. The van der Waals surface area contributed by atoms with Crippen molar-refractivity contribution in [2.45, 2.75) is 123 Å². The Labute approximate surface area is 390 Å². The average Bonchev–Trinajstić information content (AvgIpc) is 3.26. The molecule has 0 bridgehead atoms. The molecule has 9 rings (SSSR count). The zero-order chi connectivity index (χ0) is 46.3. The number of ketones is 1. The van der Waals surface area contributed by atoms with Crippen LogP contribution in [0.3, 0.4) is 0 Å². The molecule has 0 aliphatic carbocycles. The number of hydrogen-bond acceptors (Lipinski definition) is 1. The van der Waals surface area contributed by atoms with Crippen LogP contribution < -0.4 is 10.4 Å². The minimum absolute atomic E-state index is 0.154. The zero-order valence-electron chi connectivity index (χ0n) is 41.2. The van der Waals surface area contributed by atoms with Gasteiger partial charge in [-0.2, -0.15) is 0 Å². The summed E-state index contributed by atoms with van der Waals surface area (Å²) < 4.78 is 0. The van der Waals surface area contributed by atoms with Gasteiger partial charge in [0.05, 0.1) is 16.1 Å². The third-order valence-electron chi connectivity index (χ3n) is 16.3. The number of carbonyl (C=O) groups is 1. The van der Waals surface area contributed by atoms with Gasteiger partial charge in [-0.1, -0.05) is 180 Å². The first-order valence-corrected chi connectivity index (χ1v) is 28.9. The molecule has 0 saturated carbocycles. The molecular formula is C62H68OSi2. The molecule has 0 aromatic heterocycles. The van der Waals surface area contributed by atoms with Gasteiger partial charge in [0.15, 0.2) is 5.78 Å². The van der Waals surface area contributed by atoms with E-state index >= 15 is 4.79 Å². The maximum Gasteiger partial charge on any atom is 0.161 e. The molecule has 330 valence electrons. The lowest BCUT2D eigenvalue weighted by Gasteiger charge is -2.48. The highest BCUT2D eigenvalue weighted by Gasteiger charge is 2.51. The molecule has 0 N–H and O–H groups in total. The van der Waals surface area contributed by atoms with E-state index in [-0.39, 0.29) is 5.78 Å². The molecular weight excluding hydrogens is 817 g/mol. The Morgan fingerprint density at radius 2 is 0.723 bits per heavy atom.